The predicted octanol–water partition coefficient (Wildman–Crippen LogP) is 0.999. The Kier molecular flexibility index (Phi) is 6.32. The maximum absolute atomic E-state index is 12.5. The largest absolute Gasteiger partial charge is 0.490 e. The zero-order chi connectivity index (χ0) is 20.1. The third kappa shape index (κ3) is 4.72. The number of carbonyl (C=O) groups is 3. The number of carbonyl (C=O) groups excluding carboxylic acids is 2. The molecule has 1 aliphatic rings. The normalized spacial score (nSPS) is 14.5. The highest BCUT2D eigenvalue weighted by atomic mass is 16.6. The average molecular weight is 379 g/mol. The van der Waals surface area contributed by atoms with Gasteiger partial charge in [-0.3, -0.25) is 24.5 Å². The molecule has 0 saturated carbocycles. The van der Waals surface area contributed by atoms with E-state index in [1.54, 1.807) is 4.90 Å². The highest BCUT2D eigenvalue weighted by Crippen LogP contribution is 2.28. The molecule has 1 saturated heterocycles. The van der Waals surface area contributed by atoms with Gasteiger partial charge in [0.15, 0.2) is 5.75 Å². The van der Waals surface area contributed by atoms with Gasteiger partial charge in [-0.05, 0) is 18.9 Å². The fraction of sp³-hybridized carbons (Fsp3) is 0.471. The van der Waals surface area contributed by atoms with E-state index in [1.807, 2.05) is 0 Å². The molecule has 0 spiro atoms. The Balaban J connectivity index is 2.00. The molecule has 1 N–H and O–H groups in total. The molecule has 2 amide bonds. The van der Waals surface area contributed by atoms with E-state index in [-0.39, 0.29) is 29.5 Å². The van der Waals surface area contributed by atoms with Crippen molar-refractivity contribution >= 4 is 23.5 Å². The van der Waals surface area contributed by atoms with E-state index in [4.69, 9.17) is 9.84 Å². The lowest BCUT2D eigenvalue weighted by molar-refractivity contribution is -0.385. The molecule has 0 aromatic heterocycles. The minimum absolute atomic E-state index is 0.0404. The molecule has 0 atom stereocenters. The summed E-state index contributed by atoms with van der Waals surface area (Å²) in [5, 5.41) is 19.9. The summed E-state index contributed by atoms with van der Waals surface area (Å²) in [5.74, 6) is -2.09. The van der Waals surface area contributed by atoms with Crippen molar-refractivity contribution < 1.29 is 29.2 Å². The van der Waals surface area contributed by atoms with Crippen molar-refractivity contribution in [1.29, 1.82) is 0 Å². The first kappa shape index (κ1) is 20.1. The third-order valence-corrected chi connectivity index (χ3v) is 4.54. The van der Waals surface area contributed by atoms with Crippen molar-refractivity contribution in [3.63, 3.8) is 0 Å². The standard InChI is InChI=1S/C17H21N3O7/c1-18(10-15(21)19-7-5-11(6-8-19)17(23)24)16(22)12-3-4-13(20(25)26)14(9-12)27-2/h3-4,9,11H,5-8,10H2,1-2H3,(H,23,24). The van der Waals surface area contributed by atoms with Crippen LogP contribution in [0, 0.1) is 16.0 Å². The summed E-state index contributed by atoms with van der Waals surface area (Å²) < 4.78 is 4.95. The van der Waals surface area contributed by atoms with Crippen molar-refractivity contribution in [3.8, 4) is 5.75 Å². The molecule has 1 heterocycles. The van der Waals surface area contributed by atoms with Gasteiger partial charge in [-0.25, -0.2) is 0 Å². The number of likely N-dealkylation sites (N-methyl/N-ethyl adjacent to an activating group) is 1. The minimum atomic E-state index is -0.860. The van der Waals surface area contributed by atoms with E-state index in [0.717, 1.165) is 0 Å². The molecule has 1 aromatic rings. The second-order valence-electron chi connectivity index (χ2n) is 6.30. The number of amides is 2. The molecule has 0 unspecified atom stereocenters. The van der Waals surface area contributed by atoms with Gasteiger partial charge in [-0.2, -0.15) is 0 Å². The highest BCUT2D eigenvalue weighted by molar-refractivity contribution is 5.97. The lowest BCUT2D eigenvalue weighted by Crippen LogP contribution is -2.45. The Labute approximate surface area is 155 Å². The first-order chi connectivity index (χ1) is 12.7. The van der Waals surface area contributed by atoms with Crippen LogP contribution in [-0.2, 0) is 9.59 Å². The van der Waals surface area contributed by atoms with Crippen LogP contribution in [0.3, 0.4) is 0 Å². The summed E-state index contributed by atoms with van der Waals surface area (Å²) in [6.07, 6.45) is 0.774. The van der Waals surface area contributed by atoms with Crippen LogP contribution in [0.25, 0.3) is 0 Å². The molecule has 10 heteroatoms. The first-order valence-electron chi connectivity index (χ1n) is 8.33. The molecule has 0 radical (unpaired) electrons. The quantitative estimate of drug-likeness (QED) is 0.576. The van der Waals surface area contributed by atoms with E-state index in [2.05, 4.69) is 0 Å². The second kappa shape index (κ2) is 8.47. The molecule has 2 rings (SSSR count). The summed E-state index contributed by atoms with van der Waals surface area (Å²) in [4.78, 5) is 48.9. The Hall–Kier alpha value is -3.17. The predicted molar refractivity (Wildman–Crippen MR) is 93.5 cm³/mol. The number of nitro groups is 1. The zero-order valence-electron chi connectivity index (χ0n) is 15.1. The number of ether oxygens (including phenoxy) is 1. The Bertz CT molecular complexity index is 757. The molecule has 0 aliphatic carbocycles. The van der Waals surface area contributed by atoms with E-state index in [9.17, 15) is 24.5 Å². The van der Waals surface area contributed by atoms with Crippen LogP contribution < -0.4 is 4.74 Å². The molecule has 1 aromatic carbocycles. The maximum atomic E-state index is 12.5. The summed E-state index contributed by atoms with van der Waals surface area (Å²) in [6.45, 7) is 0.502. The van der Waals surface area contributed by atoms with Crippen LogP contribution in [0.5, 0.6) is 5.75 Å². The van der Waals surface area contributed by atoms with Crippen LogP contribution in [0.4, 0.5) is 5.69 Å². The topological polar surface area (TPSA) is 130 Å². The lowest BCUT2D eigenvalue weighted by atomic mass is 9.97. The number of benzene rings is 1. The van der Waals surface area contributed by atoms with Gasteiger partial charge in [-0.15, -0.1) is 0 Å². The van der Waals surface area contributed by atoms with Crippen LogP contribution in [0.1, 0.15) is 23.2 Å². The zero-order valence-corrected chi connectivity index (χ0v) is 15.1. The fourth-order valence-electron chi connectivity index (χ4n) is 2.93. The summed E-state index contributed by atoms with van der Waals surface area (Å²) in [5.41, 5.74) is -0.0913. The molecular formula is C17H21N3O7. The lowest BCUT2D eigenvalue weighted by Gasteiger charge is -2.31. The van der Waals surface area contributed by atoms with Gasteiger partial charge in [0.25, 0.3) is 5.91 Å². The van der Waals surface area contributed by atoms with Gasteiger partial charge in [0, 0.05) is 37.8 Å². The molecule has 1 fully saturated rings. The monoisotopic (exact) mass is 379 g/mol. The number of carboxylic acids is 1. The third-order valence-electron chi connectivity index (χ3n) is 4.54. The number of aliphatic carboxylic acids is 1. The average Bonchev–Trinajstić information content (AvgIpc) is 2.66. The molecule has 0 bridgehead atoms. The van der Waals surface area contributed by atoms with Crippen molar-refractivity contribution in [2.24, 2.45) is 5.92 Å². The Morgan fingerprint density at radius 3 is 2.48 bits per heavy atom. The van der Waals surface area contributed by atoms with Gasteiger partial charge in [-0.1, -0.05) is 0 Å². The molecular weight excluding hydrogens is 358 g/mol. The number of hydrogen-bond acceptors (Lipinski definition) is 6. The highest BCUT2D eigenvalue weighted by Gasteiger charge is 2.28. The van der Waals surface area contributed by atoms with E-state index >= 15 is 0 Å². The number of rotatable bonds is 6. The van der Waals surface area contributed by atoms with E-state index < -0.39 is 22.7 Å². The number of piperidine rings is 1. The molecule has 27 heavy (non-hydrogen) atoms. The van der Waals surface area contributed by atoms with Gasteiger partial charge in [0.1, 0.15) is 0 Å². The van der Waals surface area contributed by atoms with Gasteiger partial charge in [0.05, 0.1) is 24.5 Å². The van der Waals surface area contributed by atoms with Crippen molar-refractivity contribution in [2.75, 3.05) is 33.8 Å². The van der Waals surface area contributed by atoms with Gasteiger partial charge in [0.2, 0.25) is 5.91 Å². The number of nitrogens with zero attached hydrogens (tertiary/aromatic N) is 3. The van der Waals surface area contributed by atoms with Crippen LogP contribution in [0.15, 0.2) is 18.2 Å². The fourth-order valence-corrected chi connectivity index (χ4v) is 2.93. The maximum Gasteiger partial charge on any atom is 0.310 e. The van der Waals surface area contributed by atoms with Gasteiger partial charge >= 0.3 is 11.7 Å². The van der Waals surface area contributed by atoms with Crippen LogP contribution in [-0.4, -0.2) is 71.4 Å². The van der Waals surface area contributed by atoms with Gasteiger partial charge < -0.3 is 19.6 Å². The van der Waals surface area contributed by atoms with Crippen molar-refractivity contribution in [2.45, 2.75) is 12.8 Å². The van der Waals surface area contributed by atoms with E-state index in [1.165, 1.54) is 37.3 Å². The summed E-state index contributed by atoms with van der Waals surface area (Å²) in [6, 6.07) is 3.75. The number of carboxylic acid groups (broad SMARTS) is 1. The smallest absolute Gasteiger partial charge is 0.310 e. The first-order valence-corrected chi connectivity index (χ1v) is 8.33. The summed E-state index contributed by atoms with van der Waals surface area (Å²) >= 11 is 0. The second-order valence-corrected chi connectivity index (χ2v) is 6.30. The molecule has 1 aliphatic heterocycles. The van der Waals surface area contributed by atoms with E-state index in [0.29, 0.717) is 25.9 Å². The Morgan fingerprint density at radius 1 is 1.33 bits per heavy atom. The minimum Gasteiger partial charge on any atom is -0.490 e. The van der Waals surface area contributed by atoms with Crippen molar-refractivity contribution in [1.82, 2.24) is 9.80 Å². The Morgan fingerprint density at radius 2 is 1.96 bits per heavy atom. The van der Waals surface area contributed by atoms with Crippen molar-refractivity contribution in [3.05, 3.63) is 33.9 Å². The number of likely N-dealkylation sites (tertiary alicyclic amines) is 1. The molecule has 146 valence electrons. The number of nitro benzene ring substituents is 1. The molecule has 10 nitrogen and oxygen atoms in total. The SMILES string of the molecule is COc1cc(C(=O)N(C)CC(=O)N2CCC(C(=O)O)CC2)ccc1[N+](=O)[O-]. The summed E-state index contributed by atoms with van der Waals surface area (Å²) in [7, 11) is 2.72. The number of methoxy groups -OCH3 is 1. The van der Waals surface area contributed by atoms with Crippen LogP contribution in [0.2, 0.25) is 0 Å². The number of hydrogen-bond donors (Lipinski definition) is 1. The van der Waals surface area contributed by atoms with Crippen LogP contribution >= 0.6 is 0 Å².